The first-order chi connectivity index (χ1) is 7.24. The second-order valence-electron chi connectivity index (χ2n) is 3.05. The molecule has 0 radical (unpaired) electrons. The first kappa shape index (κ1) is 11.4. The molecule has 0 spiro atoms. The summed E-state index contributed by atoms with van der Waals surface area (Å²) in [6.07, 6.45) is 3.40. The van der Waals surface area contributed by atoms with E-state index >= 15 is 0 Å². The van der Waals surface area contributed by atoms with Gasteiger partial charge in [-0.15, -0.1) is 0 Å². The fraction of sp³-hybridized carbons (Fsp3) is 0.273. The van der Waals surface area contributed by atoms with Crippen LogP contribution >= 0.6 is 0 Å². The number of carbonyl (C=O) groups is 1. The summed E-state index contributed by atoms with van der Waals surface area (Å²) in [5, 5.41) is 3.72. The Labute approximate surface area is 88.0 Å². The molecule has 0 bridgehead atoms. The van der Waals surface area contributed by atoms with Gasteiger partial charge < -0.3 is 0 Å². The van der Waals surface area contributed by atoms with Gasteiger partial charge in [0.05, 0.1) is 0 Å². The topological polar surface area (TPSA) is 41.5 Å². The molecule has 1 aromatic rings. The summed E-state index contributed by atoms with van der Waals surface area (Å²) in [7, 11) is 0. The highest BCUT2D eigenvalue weighted by atomic mass is 19.1. The van der Waals surface area contributed by atoms with Crippen LogP contribution in [0.15, 0.2) is 29.4 Å². The molecule has 1 N–H and O–H groups in total. The van der Waals surface area contributed by atoms with E-state index in [0.29, 0.717) is 0 Å². The number of benzene rings is 1. The molecule has 1 aromatic carbocycles. The number of rotatable bonds is 4. The third-order valence-electron chi connectivity index (χ3n) is 1.76. The summed E-state index contributed by atoms with van der Waals surface area (Å²) in [6.45, 7) is 2.01. The van der Waals surface area contributed by atoms with E-state index in [1.807, 2.05) is 6.92 Å². The highest BCUT2D eigenvalue weighted by molar-refractivity contribution is 5.94. The molecule has 0 aromatic heterocycles. The molecule has 0 aliphatic heterocycles. The molecule has 1 rings (SSSR count). The Morgan fingerprint density at radius 1 is 1.60 bits per heavy atom. The maximum absolute atomic E-state index is 12.8. The van der Waals surface area contributed by atoms with Crippen LogP contribution in [0, 0.1) is 5.82 Å². The first-order valence-electron chi connectivity index (χ1n) is 4.81. The van der Waals surface area contributed by atoms with E-state index in [1.165, 1.54) is 24.3 Å². The van der Waals surface area contributed by atoms with Crippen molar-refractivity contribution in [3.8, 4) is 0 Å². The van der Waals surface area contributed by atoms with E-state index in [9.17, 15) is 9.18 Å². The molecule has 80 valence electrons. The number of hydrazone groups is 1. The van der Waals surface area contributed by atoms with E-state index in [4.69, 9.17) is 0 Å². The Hall–Kier alpha value is -1.71. The van der Waals surface area contributed by atoms with Crippen molar-refractivity contribution in [1.29, 1.82) is 0 Å². The van der Waals surface area contributed by atoms with Crippen LogP contribution in [0.3, 0.4) is 0 Å². The van der Waals surface area contributed by atoms with Gasteiger partial charge in [0.1, 0.15) is 5.82 Å². The smallest absolute Gasteiger partial charge is 0.267 e. The second kappa shape index (κ2) is 5.90. The molecule has 0 unspecified atom stereocenters. The molecular formula is C11H13FN2O. The largest absolute Gasteiger partial charge is 0.271 e. The summed E-state index contributed by atoms with van der Waals surface area (Å²) in [6, 6.07) is 5.48. The lowest BCUT2D eigenvalue weighted by Gasteiger charge is -1.98. The second-order valence-corrected chi connectivity index (χ2v) is 3.05. The quantitative estimate of drug-likeness (QED) is 0.598. The van der Waals surface area contributed by atoms with Crippen molar-refractivity contribution in [2.24, 2.45) is 5.10 Å². The van der Waals surface area contributed by atoms with E-state index in [0.717, 1.165) is 12.8 Å². The maximum Gasteiger partial charge on any atom is 0.271 e. The van der Waals surface area contributed by atoms with Gasteiger partial charge in [0.15, 0.2) is 0 Å². The lowest BCUT2D eigenvalue weighted by atomic mass is 10.2. The predicted octanol–water partition coefficient (Wildman–Crippen LogP) is 2.34. The van der Waals surface area contributed by atoms with Crippen molar-refractivity contribution < 1.29 is 9.18 Å². The molecule has 1 amide bonds. The van der Waals surface area contributed by atoms with E-state index < -0.39 is 11.7 Å². The van der Waals surface area contributed by atoms with Gasteiger partial charge in [-0.2, -0.15) is 5.10 Å². The van der Waals surface area contributed by atoms with Crippen LogP contribution in [0.2, 0.25) is 0 Å². The van der Waals surface area contributed by atoms with Crippen LogP contribution in [0.25, 0.3) is 0 Å². The van der Waals surface area contributed by atoms with E-state index in [2.05, 4.69) is 10.5 Å². The molecule has 0 fully saturated rings. The van der Waals surface area contributed by atoms with Crippen LogP contribution in [-0.2, 0) is 0 Å². The Kier molecular flexibility index (Phi) is 4.47. The molecule has 3 nitrogen and oxygen atoms in total. The van der Waals surface area contributed by atoms with Crippen molar-refractivity contribution in [2.45, 2.75) is 19.8 Å². The molecule has 0 heterocycles. The Morgan fingerprint density at radius 3 is 3.07 bits per heavy atom. The molecular weight excluding hydrogens is 195 g/mol. The average molecular weight is 208 g/mol. The third-order valence-corrected chi connectivity index (χ3v) is 1.76. The SMILES string of the molecule is CCC/C=N\NC(=O)c1cccc(F)c1. The van der Waals surface area contributed by atoms with Crippen molar-refractivity contribution >= 4 is 12.1 Å². The van der Waals surface area contributed by atoms with Gasteiger partial charge in [0.25, 0.3) is 5.91 Å². The molecule has 4 heteroatoms. The van der Waals surface area contributed by atoms with Gasteiger partial charge in [-0.05, 0) is 24.6 Å². The number of nitrogens with zero attached hydrogens (tertiary/aromatic N) is 1. The average Bonchev–Trinajstić information content (AvgIpc) is 2.24. The normalized spacial score (nSPS) is 10.5. The van der Waals surface area contributed by atoms with Crippen LogP contribution in [-0.4, -0.2) is 12.1 Å². The van der Waals surface area contributed by atoms with E-state index in [1.54, 1.807) is 6.21 Å². The number of amides is 1. The number of carbonyl (C=O) groups excluding carboxylic acids is 1. The number of hydrogen-bond acceptors (Lipinski definition) is 2. The molecule has 0 aliphatic rings. The predicted molar refractivity (Wildman–Crippen MR) is 57.3 cm³/mol. The fourth-order valence-electron chi connectivity index (χ4n) is 0.992. The minimum atomic E-state index is -0.430. The van der Waals surface area contributed by atoms with Crippen molar-refractivity contribution in [2.75, 3.05) is 0 Å². The van der Waals surface area contributed by atoms with Gasteiger partial charge in [0, 0.05) is 11.8 Å². The molecule has 0 atom stereocenters. The van der Waals surface area contributed by atoms with Crippen LogP contribution in [0.4, 0.5) is 4.39 Å². The Bertz CT molecular complexity index is 363. The third kappa shape index (κ3) is 3.89. The van der Waals surface area contributed by atoms with Crippen LogP contribution in [0.5, 0.6) is 0 Å². The zero-order valence-electron chi connectivity index (χ0n) is 8.53. The fourth-order valence-corrected chi connectivity index (χ4v) is 0.992. The van der Waals surface area contributed by atoms with Crippen LogP contribution < -0.4 is 5.43 Å². The number of halogens is 1. The lowest BCUT2D eigenvalue weighted by Crippen LogP contribution is -2.17. The molecule has 0 aliphatic carbocycles. The lowest BCUT2D eigenvalue weighted by molar-refractivity contribution is 0.0954. The summed E-state index contributed by atoms with van der Waals surface area (Å²) in [5.41, 5.74) is 2.59. The molecule has 0 saturated carbocycles. The van der Waals surface area contributed by atoms with E-state index in [-0.39, 0.29) is 5.56 Å². The number of nitrogens with one attached hydrogen (secondary N) is 1. The standard InChI is InChI=1S/C11H13FN2O/c1-2-3-7-13-14-11(15)9-5-4-6-10(12)8-9/h4-8H,2-3H2,1H3,(H,14,15)/b13-7-. The van der Waals surface area contributed by atoms with Gasteiger partial charge >= 0.3 is 0 Å². The maximum atomic E-state index is 12.8. The summed E-state index contributed by atoms with van der Waals surface area (Å²) in [4.78, 5) is 11.4. The Balaban J connectivity index is 2.54. The summed E-state index contributed by atoms with van der Waals surface area (Å²) >= 11 is 0. The molecule has 15 heavy (non-hydrogen) atoms. The van der Waals surface area contributed by atoms with Crippen molar-refractivity contribution in [1.82, 2.24) is 5.43 Å². The van der Waals surface area contributed by atoms with Crippen molar-refractivity contribution in [3.63, 3.8) is 0 Å². The summed E-state index contributed by atoms with van der Waals surface area (Å²) < 4.78 is 12.8. The Morgan fingerprint density at radius 2 is 2.40 bits per heavy atom. The first-order valence-corrected chi connectivity index (χ1v) is 4.81. The summed E-state index contributed by atoms with van der Waals surface area (Å²) in [5.74, 6) is -0.831. The zero-order valence-corrected chi connectivity index (χ0v) is 8.53. The van der Waals surface area contributed by atoms with Gasteiger partial charge in [-0.1, -0.05) is 19.4 Å². The highest BCUT2D eigenvalue weighted by Gasteiger charge is 2.03. The van der Waals surface area contributed by atoms with Crippen LogP contribution in [0.1, 0.15) is 30.1 Å². The van der Waals surface area contributed by atoms with Gasteiger partial charge in [-0.25, -0.2) is 9.82 Å². The number of hydrogen-bond donors (Lipinski definition) is 1. The highest BCUT2D eigenvalue weighted by Crippen LogP contribution is 2.02. The van der Waals surface area contributed by atoms with Crippen molar-refractivity contribution in [3.05, 3.63) is 35.6 Å². The van der Waals surface area contributed by atoms with Gasteiger partial charge in [0.2, 0.25) is 0 Å². The van der Waals surface area contributed by atoms with Gasteiger partial charge in [-0.3, -0.25) is 4.79 Å². The number of unbranched alkanes of at least 4 members (excludes halogenated alkanes) is 1. The minimum absolute atomic E-state index is 0.267. The monoisotopic (exact) mass is 208 g/mol. The molecule has 0 saturated heterocycles. The zero-order chi connectivity index (χ0) is 11.1. The minimum Gasteiger partial charge on any atom is -0.267 e.